The lowest BCUT2D eigenvalue weighted by Gasteiger charge is -2.21. The molecule has 1 aliphatic rings. The van der Waals surface area contributed by atoms with Crippen LogP contribution >= 0.6 is 0 Å². The molecule has 5 rings (SSSR count). The molecule has 172 valence electrons. The van der Waals surface area contributed by atoms with Gasteiger partial charge in [0.1, 0.15) is 11.5 Å². The number of amides is 1. The van der Waals surface area contributed by atoms with Gasteiger partial charge in [-0.2, -0.15) is 5.26 Å². The van der Waals surface area contributed by atoms with Gasteiger partial charge in [0.05, 0.1) is 12.0 Å². The SMILES string of the molecule is N#CC1CCc2nccc(Oc3cccc(C(=O)Nc4ccc(Nc5ccncc5)cc4)c3)c2C1. The minimum absolute atomic E-state index is 0.0301. The van der Waals surface area contributed by atoms with E-state index in [0.29, 0.717) is 29.2 Å². The zero-order valence-electron chi connectivity index (χ0n) is 18.9. The third-order valence-electron chi connectivity index (χ3n) is 5.90. The first-order chi connectivity index (χ1) is 17.2. The van der Waals surface area contributed by atoms with Crippen molar-refractivity contribution >= 4 is 23.0 Å². The number of fused-ring (bicyclic) bond motifs is 1. The maximum absolute atomic E-state index is 12.9. The summed E-state index contributed by atoms with van der Waals surface area (Å²) in [5.41, 5.74) is 4.97. The van der Waals surface area contributed by atoms with Crippen LogP contribution in [0.2, 0.25) is 0 Å². The number of anilines is 3. The molecule has 1 aliphatic carbocycles. The van der Waals surface area contributed by atoms with Crippen LogP contribution in [0.4, 0.5) is 17.1 Å². The van der Waals surface area contributed by atoms with Gasteiger partial charge in [-0.1, -0.05) is 6.07 Å². The number of nitrogens with one attached hydrogen (secondary N) is 2. The van der Waals surface area contributed by atoms with Crippen LogP contribution in [-0.2, 0) is 12.8 Å². The molecule has 0 bridgehead atoms. The fraction of sp³-hybridized carbons (Fsp3) is 0.143. The molecule has 35 heavy (non-hydrogen) atoms. The van der Waals surface area contributed by atoms with Gasteiger partial charge in [0.25, 0.3) is 5.91 Å². The van der Waals surface area contributed by atoms with Crippen LogP contribution in [0.1, 0.15) is 28.0 Å². The van der Waals surface area contributed by atoms with Crippen molar-refractivity contribution in [2.45, 2.75) is 19.3 Å². The lowest BCUT2D eigenvalue weighted by molar-refractivity contribution is 0.102. The second kappa shape index (κ2) is 10.1. The molecule has 1 unspecified atom stereocenters. The van der Waals surface area contributed by atoms with Crippen molar-refractivity contribution in [3.8, 4) is 17.6 Å². The van der Waals surface area contributed by atoms with Crippen LogP contribution in [0.25, 0.3) is 0 Å². The molecule has 0 radical (unpaired) electrons. The lowest BCUT2D eigenvalue weighted by atomic mass is 9.87. The third-order valence-corrected chi connectivity index (χ3v) is 5.90. The molecule has 2 aromatic heterocycles. The maximum atomic E-state index is 12.9. The van der Waals surface area contributed by atoms with E-state index in [0.717, 1.165) is 35.5 Å². The number of nitriles is 1. The van der Waals surface area contributed by atoms with Gasteiger partial charge in [0, 0.05) is 52.5 Å². The Morgan fingerprint density at radius 1 is 0.971 bits per heavy atom. The third kappa shape index (κ3) is 5.28. The van der Waals surface area contributed by atoms with E-state index in [1.165, 1.54) is 0 Å². The second-order valence-electron chi connectivity index (χ2n) is 8.33. The summed E-state index contributed by atoms with van der Waals surface area (Å²) >= 11 is 0. The van der Waals surface area contributed by atoms with Crippen LogP contribution in [0, 0.1) is 17.2 Å². The van der Waals surface area contributed by atoms with Gasteiger partial charge in [-0.3, -0.25) is 14.8 Å². The van der Waals surface area contributed by atoms with Crippen LogP contribution in [0.3, 0.4) is 0 Å². The minimum atomic E-state index is -0.230. The summed E-state index contributed by atoms with van der Waals surface area (Å²) in [6, 6.07) is 22.5. The molecule has 0 saturated carbocycles. The number of aryl methyl sites for hydroxylation is 1. The molecule has 7 nitrogen and oxygen atoms in total. The number of aromatic nitrogens is 2. The zero-order valence-corrected chi connectivity index (χ0v) is 18.9. The number of rotatable bonds is 6. The van der Waals surface area contributed by atoms with Gasteiger partial charge in [-0.15, -0.1) is 0 Å². The van der Waals surface area contributed by atoms with Crippen molar-refractivity contribution in [1.82, 2.24) is 9.97 Å². The molecule has 2 heterocycles. The molecule has 0 saturated heterocycles. The number of hydrogen-bond donors (Lipinski definition) is 2. The molecule has 2 N–H and O–H groups in total. The first-order valence-electron chi connectivity index (χ1n) is 11.4. The summed E-state index contributed by atoms with van der Waals surface area (Å²) in [5, 5.41) is 15.5. The average molecular weight is 462 g/mol. The van der Waals surface area contributed by atoms with Gasteiger partial charge >= 0.3 is 0 Å². The van der Waals surface area contributed by atoms with E-state index >= 15 is 0 Å². The van der Waals surface area contributed by atoms with Crippen molar-refractivity contribution in [2.24, 2.45) is 5.92 Å². The van der Waals surface area contributed by atoms with Gasteiger partial charge in [-0.25, -0.2) is 0 Å². The van der Waals surface area contributed by atoms with Crippen molar-refractivity contribution in [3.63, 3.8) is 0 Å². The zero-order chi connectivity index (χ0) is 24.0. The lowest BCUT2D eigenvalue weighted by Crippen LogP contribution is -2.15. The largest absolute Gasteiger partial charge is 0.457 e. The number of ether oxygens (including phenoxy) is 1. The Hall–Kier alpha value is -4.70. The summed E-state index contributed by atoms with van der Waals surface area (Å²) in [4.78, 5) is 21.3. The smallest absolute Gasteiger partial charge is 0.255 e. The standard InChI is InChI=1S/C28H23N5O2/c29-18-19-4-9-26-25(16-19)27(12-15-31-26)35-24-3-1-2-20(17-24)28(34)33-22-7-5-21(6-8-22)32-23-10-13-30-14-11-23/h1-3,5-8,10-15,17,19H,4,9,16H2,(H,30,32)(H,33,34). The highest BCUT2D eigenvalue weighted by Gasteiger charge is 2.23. The fourth-order valence-electron chi connectivity index (χ4n) is 4.08. The van der Waals surface area contributed by atoms with Crippen LogP contribution in [0.5, 0.6) is 11.5 Å². The number of hydrogen-bond acceptors (Lipinski definition) is 6. The second-order valence-corrected chi connectivity index (χ2v) is 8.33. The van der Waals surface area contributed by atoms with E-state index in [2.05, 4.69) is 26.7 Å². The number of pyridine rings is 2. The molecule has 0 fully saturated rings. The number of carbonyl (C=O) groups is 1. The quantitative estimate of drug-likeness (QED) is 0.371. The van der Waals surface area contributed by atoms with E-state index < -0.39 is 0 Å². The topological polar surface area (TPSA) is 99.9 Å². The van der Waals surface area contributed by atoms with Crippen molar-refractivity contribution in [3.05, 3.63) is 102 Å². The number of nitrogens with zero attached hydrogens (tertiary/aromatic N) is 3. The highest BCUT2D eigenvalue weighted by atomic mass is 16.5. The van der Waals surface area contributed by atoms with Gasteiger partial charge < -0.3 is 15.4 Å². The summed E-state index contributed by atoms with van der Waals surface area (Å²) in [5.74, 6) is 0.982. The van der Waals surface area contributed by atoms with Crippen LogP contribution in [0.15, 0.2) is 85.3 Å². The predicted octanol–water partition coefficient (Wildman–Crippen LogP) is 5.89. The Kier molecular flexibility index (Phi) is 6.35. The molecule has 0 spiro atoms. The molecule has 7 heteroatoms. The summed E-state index contributed by atoms with van der Waals surface area (Å²) in [7, 11) is 0. The Bertz CT molecular complexity index is 1380. The van der Waals surface area contributed by atoms with E-state index in [1.807, 2.05) is 48.5 Å². The van der Waals surface area contributed by atoms with Gasteiger partial charge in [-0.05, 0) is 79.9 Å². The molecular weight excluding hydrogens is 438 g/mol. The summed E-state index contributed by atoms with van der Waals surface area (Å²) in [6.07, 6.45) is 7.38. The van der Waals surface area contributed by atoms with E-state index in [9.17, 15) is 10.1 Å². The number of benzene rings is 2. The highest BCUT2D eigenvalue weighted by molar-refractivity contribution is 6.04. The minimum Gasteiger partial charge on any atom is -0.457 e. The Morgan fingerprint density at radius 3 is 2.54 bits per heavy atom. The first kappa shape index (κ1) is 22.1. The fourth-order valence-corrected chi connectivity index (χ4v) is 4.08. The molecule has 4 aromatic rings. The Labute approximate surface area is 203 Å². The Morgan fingerprint density at radius 2 is 1.74 bits per heavy atom. The van der Waals surface area contributed by atoms with Gasteiger partial charge in [0.15, 0.2) is 0 Å². The normalized spacial score (nSPS) is 14.3. The molecule has 1 atom stereocenters. The highest BCUT2D eigenvalue weighted by Crippen LogP contribution is 2.33. The monoisotopic (exact) mass is 461 g/mol. The molecule has 1 amide bonds. The van der Waals surface area contributed by atoms with Crippen LogP contribution in [-0.4, -0.2) is 15.9 Å². The van der Waals surface area contributed by atoms with E-state index in [1.54, 1.807) is 36.8 Å². The van der Waals surface area contributed by atoms with Crippen molar-refractivity contribution < 1.29 is 9.53 Å². The Balaban J connectivity index is 1.27. The van der Waals surface area contributed by atoms with Crippen LogP contribution < -0.4 is 15.4 Å². The molecular formula is C28H23N5O2. The maximum Gasteiger partial charge on any atom is 0.255 e. The molecule has 0 aliphatic heterocycles. The summed E-state index contributed by atoms with van der Waals surface area (Å²) < 4.78 is 6.14. The number of carbonyl (C=O) groups excluding carboxylic acids is 1. The first-order valence-corrected chi connectivity index (χ1v) is 11.4. The summed E-state index contributed by atoms with van der Waals surface area (Å²) in [6.45, 7) is 0. The van der Waals surface area contributed by atoms with E-state index in [4.69, 9.17) is 4.74 Å². The van der Waals surface area contributed by atoms with Crippen molar-refractivity contribution in [1.29, 1.82) is 5.26 Å². The van der Waals surface area contributed by atoms with Gasteiger partial charge in [0.2, 0.25) is 0 Å². The molecule has 2 aromatic carbocycles. The average Bonchev–Trinajstić information content (AvgIpc) is 2.90. The van der Waals surface area contributed by atoms with E-state index in [-0.39, 0.29) is 11.8 Å². The van der Waals surface area contributed by atoms with Crippen molar-refractivity contribution in [2.75, 3.05) is 10.6 Å². The predicted molar refractivity (Wildman–Crippen MR) is 134 cm³/mol.